The van der Waals surface area contributed by atoms with Gasteiger partial charge in [0.1, 0.15) is 0 Å². The second-order valence-electron chi connectivity index (χ2n) is 2.31. The van der Waals surface area contributed by atoms with Crippen LogP contribution in [0.15, 0.2) is 12.3 Å². The molecule has 0 atom stereocenters. The molecule has 0 aromatic rings. The molecule has 11 heavy (non-hydrogen) atoms. The highest BCUT2D eigenvalue weighted by molar-refractivity contribution is 5.86. The minimum atomic E-state index is -0.0329. The molecule has 0 rings (SSSR count). The van der Waals surface area contributed by atoms with E-state index in [0.717, 1.165) is 0 Å². The lowest BCUT2D eigenvalue weighted by Gasteiger charge is -2.05. The highest BCUT2D eigenvalue weighted by Crippen LogP contribution is 1.78. The fraction of sp³-hybridized carbons (Fsp3) is 0.571. The van der Waals surface area contributed by atoms with Crippen LogP contribution in [0.2, 0.25) is 0 Å². The minimum absolute atomic E-state index is 0.0329. The molecular formula is C7H15N3O. The quantitative estimate of drug-likeness (QED) is 0.412. The van der Waals surface area contributed by atoms with Gasteiger partial charge in [0.15, 0.2) is 0 Å². The van der Waals surface area contributed by atoms with Gasteiger partial charge in [-0.05, 0) is 0 Å². The Morgan fingerprint density at radius 3 is 2.73 bits per heavy atom. The van der Waals surface area contributed by atoms with Crippen molar-refractivity contribution in [1.29, 1.82) is 0 Å². The Morgan fingerprint density at radius 2 is 2.27 bits per heavy atom. The summed E-state index contributed by atoms with van der Waals surface area (Å²) in [5.74, 6) is -0.0329. The van der Waals surface area contributed by atoms with Gasteiger partial charge in [0.2, 0.25) is 5.91 Å². The first-order valence-corrected chi connectivity index (χ1v) is 3.49. The normalized spacial score (nSPS) is 10.1. The molecule has 0 aromatic heterocycles. The number of hydrogen-bond donors (Lipinski definition) is 2. The first kappa shape index (κ1) is 9.97. The van der Waals surface area contributed by atoms with Crippen molar-refractivity contribution in [1.82, 2.24) is 10.2 Å². The summed E-state index contributed by atoms with van der Waals surface area (Å²) in [5.41, 5.74) is 5.21. The topological polar surface area (TPSA) is 58.4 Å². The average Bonchev–Trinajstić information content (AvgIpc) is 1.97. The molecule has 0 saturated heterocycles. The van der Waals surface area contributed by atoms with Crippen LogP contribution >= 0.6 is 0 Å². The van der Waals surface area contributed by atoms with Crippen molar-refractivity contribution in [3.05, 3.63) is 12.3 Å². The molecule has 0 aliphatic carbocycles. The van der Waals surface area contributed by atoms with Crippen LogP contribution in [0, 0.1) is 0 Å². The molecular weight excluding hydrogens is 142 g/mol. The number of nitrogens with one attached hydrogen (secondary N) is 1. The Labute approximate surface area is 67.1 Å². The molecule has 0 aromatic carbocycles. The zero-order valence-electron chi connectivity index (χ0n) is 7.00. The van der Waals surface area contributed by atoms with Crippen molar-refractivity contribution in [3.8, 4) is 0 Å². The maximum absolute atomic E-state index is 10.9. The summed E-state index contributed by atoms with van der Waals surface area (Å²) in [6.07, 6.45) is 3.07. The molecule has 4 nitrogen and oxygen atoms in total. The number of carbonyl (C=O) groups is 1. The second-order valence-corrected chi connectivity index (χ2v) is 2.31. The smallest absolute Gasteiger partial charge is 0.247 e. The predicted octanol–water partition coefficient (Wildman–Crippen LogP) is -0.863. The fourth-order valence-corrected chi connectivity index (χ4v) is 0.446. The summed E-state index contributed by atoms with van der Waals surface area (Å²) in [4.78, 5) is 12.4. The lowest BCUT2D eigenvalue weighted by atomic mass is 10.5. The van der Waals surface area contributed by atoms with Gasteiger partial charge in [-0.1, -0.05) is 0 Å². The lowest BCUT2D eigenvalue weighted by Crippen LogP contribution is -2.21. The predicted molar refractivity (Wildman–Crippen MR) is 44.9 cm³/mol. The van der Waals surface area contributed by atoms with E-state index in [1.807, 2.05) is 0 Å². The van der Waals surface area contributed by atoms with Crippen LogP contribution < -0.4 is 11.1 Å². The monoisotopic (exact) mass is 157 g/mol. The third-order valence-electron chi connectivity index (χ3n) is 1.07. The van der Waals surface area contributed by atoms with Crippen molar-refractivity contribution in [2.75, 3.05) is 27.2 Å². The maximum Gasteiger partial charge on any atom is 0.247 e. The van der Waals surface area contributed by atoms with Crippen molar-refractivity contribution >= 4 is 5.91 Å². The van der Waals surface area contributed by atoms with Crippen LogP contribution in [0.5, 0.6) is 0 Å². The van der Waals surface area contributed by atoms with Gasteiger partial charge in [-0.3, -0.25) is 4.79 Å². The molecule has 0 radical (unpaired) electrons. The van der Waals surface area contributed by atoms with Crippen LogP contribution in [0.4, 0.5) is 0 Å². The van der Waals surface area contributed by atoms with Crippen LogP contribution in [0.1, 0.15) is 0 Å². The Bertz CT molecular complexity index is 143. The van der Waals surface area contributed by atoms with Crippen molar-refractivity contribution in [2.45, 2.75) is 0 Å². The lowest BCUT2D eigenvalue weighted by molar-refractivity contribution is -0.123. The fourth-order valence-electron chi connectivity index (χ4n) is 0.446. The van der Waals surface area contributed by atoms with E-state index >= 15 is 0 Å². The van der Waals surface area contributed by atoms with Crippen molar-refractivity contribution < 1.29 is 4.79 Å². The number of likely N-dealkylation sites (N-methyl/N-ethyl adjacent to an activating group) is 1. The molecule has 4 heteroatoms. The van der Waals surface area contributed by atoms with E-state index in [9.17, 15) is 4.79 Å². The van der Waals surface area contributed by atoms with Gasteiger partial charge in [-0.2, -0.15) is 0 Å². The van der Waals surface area contributed by atoms with E-state index in [4.69, 9.17) is 5.73 Å². The summed E-state index contributed by atoms with van der Waals surface area (Å²) in [6, 6.07) is 0. The highest BCUT2D eigenvalue weighted by atomic mass is 16.2. The van der Waals surface area contributed by atoms with E-state index in [-0.39, 0.29) is 5.91 Å². The molecule has 0 aliphatic rings. The molecule has 0 spiro atoms. The van der Waals surface area contributed by atoms with Crippen LogP contribution in [-0.4, -0.2) is 38.0 Å². The standard InChI is InChI=1S/C7H15N3O/c1-10(2)7(11)3-5-9-6-4-8/h3,5,9H,4,6,8H2,1-2H3. The molecule has 0 fully saturated rings. The second kappa shape index (κ2) is 5.73. The van der Waals surface area contributed by atoms with Gasteiger partial charge in [0.25, 0.3) is 0 Å². The number of hydrogen-bond acceptors (Lipinski definition) is 3. The average molecular weight is 157 g/mol. The van der Waals surface area contributed by atoms with Gasteiger partial charge in [-0.25, -0.2) is 0 Å². The van der Waals surface area contributed by atoms with E-state index < -0.39 is 0 Å². The van der Waals surface area contributed by atoms with E-state index in [2.05, 4.69) is 5.32 Å². The Hall–Kier alpha value is -1.03. The SMILES string of the molecule is CN(C)C(=O)C=CNCCN. The van der Waals surface area contributed by atoms with Gasteiger partial charge in [0.05, 0.1) is 0 Å². The number of rotatable bonds is 4. The summed E-state index contributed by atoms with van der Waals surface area (Å²) in [5, 5.41) is 2.87. The third-order valence-corrected chi connectivity index (χ3v) is 1.07. The molecule has 64 valence electrons. The van der Waals surface area contributed by atoms with E-state index in [1.54, 1.807) is 20.3 Å². The van der Waals surface area contributed by atoms with E-state index in [1.165, 1.54) is 11.0 Å². The summed E-state index contributed by atoms with van der Waals surface area (Å²) >= 11 is 0. The van der Waals surface area contributed by atoms with Gasteiger partial charge < -0.3 is 16.0 Å². The first-order chi connectivity index (χ1) is 5.18. The number of nitrogens with two attached hydrogens (primary N) is 1. The van der Waals surface area contributed by atoms with E-state index in [0.29, 0.717) is 13.1 Å². The van der Waals surface area contributed by atoms with Crippen molar-refractivity contribution in [2.24, 2.45) is 5.73 Å². The molecule has 0 unspecified atom stereocenters. The maximum atomic E-state index is 10.9. The Morgan fingerprint density at radius 1 is 1.64 bits per heavy atom. The molecule has 3 N–H and O–H groups in total. The van der Waals surface area contributed by atoms with Gasteiger partial charge in [-0.15, -0.1) is 0 Å². The number of carbonyl (C=O) groups excluding carboxylic acids is 1. The molecule has 1 amide bonds. The van der Waals surface area contributed by atoms with Crippen LogP contribution in [-0.2, 0) is 4.79 Å². The van der Waals surface area contributed by atoms with Crippen LogP contribution in [0.3, 0.4) is 0 Å². The summed E-state index contributed by atoms with van der Waals surface area (Å²) < 4.78 is 0. The summed E-state index contributed by atoms with van der Waals surface area (Å²) in [7, 11) is 3.41. The number of amides is 1. The number of nitrogens with zero attached hydrogens (tertiary/aromatic N) is 1. The van der Waals surface area contributed by atoms with Gasteiger partial charge in [0, 0.05) is 39.5 Å². The minimum Gasteiger partial charge on any atom is -0.389 e. The van der Waals surface area contributed by atoms with Gasteiger partial charge >= 0.3 is 0 Å². The Balaban J connectivity index is 3.49. The van der Waals surface area contributed by atoms with Crippen molar-refractivity contribution in [3.63, 3.8) is 0 Å². The Kier molecular flexibility index (Phi) is 5.20. The molecule has 0 saturated carbocycles. The van der Waals surface area contributed by atoms with Crippen LogP contribution in [0.25, 0.3) is 0 Å². The first-order valence-electron chi connectivity index (χ1n) is 3.49. The highest BCUT2D eigenvalue weighted by Gasteiger charge is 1.94. The zero-order valence-corrected chi connectivity index (χ0v) is 7.00. The molecule has 0 aliphatic heterocycles. The molecule has 0 heterocycles. The molecule has 0 bridgehead atoms. The summed E-state index contributed by atoms with van der Waals surface area (Å²) in [6.45, 7) is 1.26. The zero-order chi connectivity index (χ0) is 8.69. The third kappa shape index (κ3) is 5.42. The largest absolute Gasteiger partial charge is 0.389 e.